The Bertz CT molecular complexity index is 599. The number of nitrogens with one attached hydrogen (secondary N) is 1. The van der Waals surface area contributed by atoms with E-state index >= 15 is 0 Å². The third-order valence-electron chi connectivity index (χ3n) is 3.67. The lowest BCUT2D eigenvalue weighted by Crippen LogP contribution is -2.29. The fraction of sp³-hybridized carbons (Fsp3) is 0.316. The molecular formula is C19H25ClN2O. The number of carbonyl (C=O) groups excluding carboxylic acids is 1. The Morgan fingerprint density at radius 2 is 1.70 bits per heavy atom. The second-order valence-corrected chi connectivity index (χ2v) is 5.66. The molecule has 0 saturated carbocycles. The van der Waals surface area contributed by atoms with Gasteiger partial charge in [-0.25, -0.2) is 0 Å². The van der Waals surface area contributed by atoms with E-state index in [0.29, 0.717) is 6.54 Å². The van der Waals surface area contributed by atoms with E-state index in [4.69, 9.17) is 5.73 Å². The van der Waals surface area contributed by atoms with Gasteiger partial charge in [0.15, 0.2) is 0 Å². The fourth-order valence-electron chi connectivity index (χ4n) is 2.39. The molecule has 0 heterocycles. The number of aryl methyl sites for hydroxylation is 2. The molecule has 23 heavy (non-hydrogen) atoms. The Labute approximate surface area is 144 Å². The third-order valence-corrected chi connectivity index (χ3v) is 3.67. The first kappa shape index (κ1) is 19.2. The zero-order valence-corrected chi connectivity index (χ0v) is 14.3. The van der Waals surface area contributed by atoms with Gasteiger partial charge in [0.1, 0.15) is 0 Å². The van der Waals surface area contributed by atoms with Crippen molar-refractivity contribution in [3.05, 3.63) is 71.3 Å². The van der Waals surface area contributed by atoms with Gasteiger partial charge in [0.25, 0.3) is 5.91 Å². The molecule has 124 valence electrons. The fourth-order valence-corrected chi connectivity index (χ4v) is 2.39. The van der Waals surface area contributed by atoms with E-state index in [1.54, 1.807) is 0 Å². The van der Waals surface area contributed by atoms with Gasteiger partial charge in [-0.15, -0.1) is 12.4 Å². The van der Waals surface area contributed by atoms with E-state index in [1.807, 2.05) is 49.4 Å². The van der Waals surface area contributed by atoms with Crippen molar-refractivity contribution in [1.29, 1.82) is 0 Å². The summed E-state index contributed by atoms with van der Waals surface area (Å²) in [6, 6.07) is 18.3. The molecule has 1 amide bonds. The molecule has 0 fully saturated rings. The minimum Gasteiger partial charge on any atom is -0.352 e. The maximum Gasteiger partial charge on any atom is 0.251 e. The van der Waals surface area contributed by atoms with Crippen molar-refractivity contribution in [2.75, 3.05) is 6.54 Å². The third kappa shape index (κ3) is 6.43. The van der Waals surface area contributed by atoms with Crippen LogP contribution in [0.25, 0.3) is 0 Å². The Kier molecular flexibility index (Phi) is 8.38. The van der Waals surface area contributed by atoms with Crippen LogP contribution in [0.1, 0.15) is 34.8 Å². The zero-order chi connectivity index (χ0) is 15.8. The molecule has 2 aromatic carbocycles. The Hall–Kier alpha value is -1.84. The summed E-state index contributed by atoms with van der Waals surface area (Å²) >= 11 is 0. The summed E-state index contributed by atoms with van der Waals surface area (Å²) in [7, 11) is 0. The van der Waals surface area contributed by atoms with Crippen LogP contribution in [0.2, 0.25) is 0 Å². The molecule has 0 radical (unpaired) electrons. The average molecular weight is 333 g/mol. The van der Waals surface area contributed by atoms with Gasteiger partial charge in [-0.05, 0) is 43.4 Å². The zero-order valence-electron chi connectivity index (χ0n) is 13.5. The summed E-state index contributed by atoms with van der Waals surface area (Å²) in [5, 5.41) is 2.95. The summed E-state index contributed by atoms with van der Waals surface area (Å²) in [6.45, 7) is 2.56. The average Bonchev–Trinajstić information content (AvgIpc) is 2.54. The highest BCUT2D eigenvalue weighted by Crippen LogP contribution is 2.13. The summed E-state index contributed by atoms with van der Waals surface area (Å²) in [5.41, 5.74) is 8.85. The summed E-state index contributed by atoms with van der Waals surface area (Å²) < 4.78 is 0. The van der Waals surface area contributed by atoms with Gasteiger partial charge in [-0.1, -0.05) is 48.5 Å². The van der Waals surface area contributed by atoms with Crippen molar-refractivity contribution in [2.45, 2.75) is 32.2 Å². The maximum absolute atomic E-state index is 12.3. The van der Waals surface area contributed by atoms with Gasteiger partial charge in [0.2, 0.25) is 0 Å². The Morgan fingerprint density at radius 3 is 2.39 bits per heavy atom. The molecule has 0 aliphatic carbocycles. The van der Waals surface area contributed by atoms with Gasteiger partial charge < -0.3 is 11.1 Å². The molecule has 1 atom stereocenters. The van der Waals surface area contributed by atoms with E-state index in [2.05, 4.69) is 17.4 Å². The molecule has 0 spiro atoms. The standard InChI is InChI=1S/C19H24N2O.ClH/c1-15(20)13-14-21-19(22)18-10-6-5-9-17(18)12-11-16-7-3-2-4-8-16;/h2-10,15H,11-14,20H2,1H3,(H,21,22);1H. The molecule has 2 aromatic rings. The molecule has 0 saturated heterocycles. The number of carbonyl (C=O) groups is 1. The number of halogens is 1. The molecule has 1 unspecified atom stereocenters. The van der Waals surface area contributed by atoms with E-state index in [9.17, 15) is 4.79 Å². The van der Waals surface area contributed by atoms with E-state index in [0.717, 1.165) is 30.4 Å². The van der Waals surface area contributed by atoms with Crippen molar-refractivity contribution < 1.29 is 4.79 Å². The first-order chi connectivity index (χ1) is 10.7. The van der Waals surface area contributed by atoms with Gasteiger partial charge in [0.05, 0.1) is 0 Å². The molecule has 0 aromatic heterocycles. The number of hydrogen-bond donors (Lipinski definition) is 2. The van der Waals surface area contributed by atoms with Crippen molar-refractivity contribution in [3.63, 3.8) is 0 Å². The largest absolute Gasteiger partial charge is 0.352 e. The molecule has 4 heteroatoms. The van der Waals surface area contributed by atoms with Crippen LogP contribution in [0.4, 0.5) is 0 Å². The molecule has 0 aliphatic heterocycles. The highest BCUT2D eigenvalue weighted by molar-refractivity contribution is 5.95. The minimum absolute atomic E-state index is 0. The lowest BCUT2D eigenvalue weighted by molar-refractivity contribution is 0.0952. The van der Waals surface area contributed by atoms with Crippen LogP contribution < -0.4 is 11.1 Å². The Balaban J connectivity index is 0.00000264. The lowest BCUT2D eigenvalue weighted by Gasteiger charge is -2.11. The summed E-state index contributed by atoms with van der Waals surface area (Å²) in [5.74, 6) is -0.00990. The van der Waals surface area contributed by atoms with Crippen molar-refractivity contribution in [3.8, 4) is 0 Å². The van der Waals surface area contributed by atoms with E-state index in [1.165, 1.54) is 5.56 Å². The van der Waals surface area contributed by atoms with Gasteiger partial charge in [-0.2, -0.15) is 0 Å². The summed E-state index contributed by atoms with van der Waals surface area (Å²) in [4.78, 5) is 12.3. The van der Waals surface area contributed by atoms with Crippen LogP contribution in [0, 0.1) is 0 Å². The van der Waals surface area contributed by atoms with E-state index < -0.39 is 0 Å². The van der Waals surface area contributed by atoms with Gasteiger partial charge in [-0.3, -0.25) is 4.79 Å². The van der Waals surface area contributed by atoms with Crippen molar-refractivity contribution in [2.24, 2.45) is 5.73 Å². The second kappa shape index (κ2) is 10.0. The van der Waals surface area contributed by atoms with Crippen molar-refractivity contribution in [1.82, 2.24) is 5.32 Å². The van der Waals surface area contributed by atoms with Crippen LogP contribution in [-0.2, 0) is 12.8 Å². The topological polar surface area (TPSA) is 55.1 Å². The van der Waals surface area contributed by atoms with Crippen LogP contribution in [-0.4, -0.2) is 18.5 Å². The smallest absolute Gasteiger partial charge is 0.251 e. The van der Waals surface area contributed by atoms with E-state index in [-0.39, 0.29) is 24.4 Å². The number of nitrogens with two attached hydrogens (primary N) is 1. The predicted octanol–water partition coefficient (Wildman–Crippen LogP) is 3.36. The number of hydrogen-bond acceptors (Lipinski definition) is 2. The molecular weight excluding hydrogens is 308 g/mol. The van der Waals surface area contributed by atoms with Gasteiger partial charge in [0, 0.05) is 18.2 Å². The monoisotopic (exact) mass is 332 g/mol. The highest BCUT2D eigenvalue weighted by atomic mass is 35.5. The highest BCUT2D eigenvalue weighted by Gasteiger charge is 2.10. The predicted molar refractivity (Wildman–Crippen MR) is 98.1 cm³/mol. The SMILES string of the molecule is CC(N)CCNC(=O)c1ccccc1CCc1ccccc1.Cl. The van der Waals surface area contributed by atoms with Gasteiger partial charge >= 0.3 is 0 Å². The minimum atomic E-state index is -0.00990. The van der Waals surface area contributed by atoms with Crippen LogP contribution in [0.3, 0.4) is 0 Å². The lowest BCUT2D eigenvalue weighted by atomic mass is 9.99. The maximum atomic E-state index is 12.3. The number of rotatable bonds is 7. The van der Waals surface area contributed by atoms with Crippen LogP contribution in [0.15, 0.2) is 54.6 Å². The molecule has 3 N–H and O–H groups in total. The van der Waals surface area contributed by atoms with Crippen LogP contribution in [0.5, 0.6) is 0 Å². The first-order valence-corrected chi connectivity index (χ1v) is 7.82. The molecule has 0 aliphatic rings. The Morgan fingerprint density at radius 1 is 1.04 bits per heavy atom. The normalized spacial score (nSPS) is 11.4. The number of benzene rings is 2. The number of amides is 1. The quantitative estimate of drug-likeness (QED) is 0.816. The molecule has 2 rings (SSSR count). The summed E-state index contributed by atoms with van der Waals surface area (Å²) in [6.07, 6.45) is 2.59. The second-order valence-electron chi connectivity index (χ2n) is 5.66. The van der Waals surface area contributed by atoms with Crippen molar-refractivity contribution >= 4 is 18.3 Å². The molecule has 3 nitrogen and oxygen atoms in total. The van der Waals surface area contributed by atoms with Crippen LogP contribution >= 0.6 is 12.4 Å². The first-order valence-electron chi connectivity index (χ1n) is 7.82. The molecule has 0 bridgehead atoms.